The molecule has 0 spiro atoms. The normalized spacial score (nSPS) is 24.2. The minimum absolute atomic E-state index is 0.0607. The maximum absolute atomic E-state index is 12.5. The first-order valence-electron chi connectivity index (χ1n) is 6.07. The van der Waals surface area contributed by atoms with Gasteiger partial charge in [0.15, 0.2) is 0 Å². The fourth-order valence-corrected chi connectivity index (χ4v) is 2.74. The third-order valence-corrected chi connectivity index (χ3v) is 3.80. The summed E-state index contributed by atoms with van der Waals surface area (Å²) in [5.41, 5.74) is 0.740. The van der Waals surface area contributed by atoms with Crippen LogP contribution in [-0.2, 0) is 10.2 Å². The number of nitrogens with one attached hydrogen (secondary N) is 1. The van der Waals surface area contributed by atoms with Crippen LogP contribution in [0.15, 0.2) is 24.3 Å². The third-order valence-electron chi connectivity index (χ3n) is 3.55. The van der Waals surface area contributed by atoms with Gasteiger partial charge in [0, 0.05) is 17.5 Å². The van der Waals surface area contributed by atoms with Crippen molar-refractivity contribution in [3.05, 3.63) is 34.9 Å². The number of hydrogen-bond donors (Lipinski definition) is 1. The van der Waals surface area contributed by atoms with E-state index in [0.717, 1.165) is 25.1 Å². The van der Waals surface area contributed by atoms with Crippen LogP contribution in [0.25, 0.3) is 0 Å². The number of hydrogen-bond acceptors (Lipinski definition) is 2. The van der Waals surface area contributed by atoms with E-state index >= 15 is 0 Å². The van der Waals surface area contributed by atoms with E-state index in [9.17, 15) is 4.79 Å². The molecule has 1 aliphatic rings. The SMILES string of the molecule is CC(C)C(=O)C1(c2ccc(Cl)cc2)CCNC1. The van der Waals surface area contributed by atoms with Crippen LogP contribution in [-0.4, -0.2) is 18.9 Å². The molecule has 1 unspecified atom stereocenters. The van der Waals surface area contributed by atoms with E-state index in [4.69, 9.17) is 11.6 Å². The lowest BCUT2D eigenvalue weighted by atomic mass is 9.72. The Morgan fingerprint density at radius 2 is 2.00 bits per heavy atom. The molecule has 1 aliphatic heterocycles. The first kappa shape index (κ1) is 12.6. The minimum atomic E-state index is -0.348. The van der Waals surface area contributed by atoms with E-state index < -0.39 is 0 Å². The Morgan fingerprint density at radius 1 is 1.35 bits per heavy atom. The summed E-state index contributed by atoms with van der Waals surface area (Å²) in [7, 11) is 0. The summed E-state index contributed by atoms with van der Waals surface area (Å²) in [6, 6.07) is 7.69. The highest BCUT2D eigenvalue weighted by Gasteiger charge is 2.43. The molecular formula is C14H18ClNO. The Morgan fingerprint density at radius 3 is 2.47 bits per heavy atom. The Labute approximate surface area is 107 Å². The monoisotopic (exact) mass is 251 g/mol. The Bertz CT molecular complexity index is 405. The standard InChI is InChI=1S/C14H18ClNO/c1-10(2)13(17)14(7-8-16-9-14)11-3-5-12(15)6-4-11/h3-6,10,16H,7-9H2,1-2H3. The summed E-state index contributed by atoms with van der Waals surface area (Å²) in [4.78, 5) is 12.5. The summed E-state index contributed by atoms with van der Waals surface area (Å²) < 4.78 is 0. The minimum Gasteiger partial charge on any atom is -0.315 e. The van der Waals surface area contributed by atoms with E-state index in [1.807, 2.05) is 38.1 Å². The first-order chi connectivity index (χ1) is 8.06. The fraction of sp³-hybridized carbons (Fsp3) is 0.500. The zero-order chi connectivity index (χ0) is 12.5. The van der Waals surface area contributed by atoms with Gasteiger partial charge in [0.05, 0.1) is 5.41 Å². The van der Waals surface area contributed by atoms with Crippen molar-refractivity contribution in [2.75, 3.05) is 13.1 Å². The second kappa shape index (κ2) is 4.79. The lowest BCUT2D eigenvalue weighted by Gasteiger charge is -2.29. The number of halogens is 1. The number of rotatable bonds is 3. The van der Waals surface area contributed by atoms with Gasteiger partial charge in [-0.05, 0) is 30.7 Å². The number of ketones is 1. The van der Waals surface area contributed by atoms with Crippen LogP contribution < -0.4 is 5.32 Å². The molecule has 92 valence electrons. The Hall–Kier alpha value is -0.860. The van der Waals surface area contributed by atoms with Crippen LogP contribution in [0.3, 0.4) is 0 Å². The Kier molecular flexibility index (Phi) is 3.55. The number of benzene rings is 1. The van der Waals surface area contributed by atoms with E-state index in [2.05, 4.69) is 5.32 Å². The van der Waals surface area contributed by atoms with Crippen molar-refractivity contribution in [3.8, 4) is 0 Å². The molecular weight excluding hydrogens is 234 g/mol. The second-order valence-electron chi connectivity index (χ2n) is 5.03. The van der Waals surface area contributed by atoms with Crippen molar-refractivity contribution in [1.29, 1.82) is 0 Å². The number of carbonyl (C=O) groups is 1. The highest BCUT2D eigenvalue weighted by Crippen LogP contribution is 2.34. The lowest BCUT2D eigenvalue weighted by Crippen LogP contribution is -2.40. The van der Waals surface area contributed by atoms with Gasteiger partial charge in [-0.2, -0.15) is 0 Å². The summed E-state index contributed by atoms with van der Waals surface area (Å²) >= 11 is 5.91. The smallest absolute Gasteiger partial charge is 0.147 e. The van der Waals surface area contributed by atoms with Crippen molar-refractivity contribution in [3.63, 3.8) is 0 Å². The van der Waals surface area contributed by atoms with Crippen molar-refractivity contribution < 1.29 is 4.79 Å². The van der Waals surface area contributed by atoms with Gasteiger partial charge in [-0.1, -0.05) is 37.6 Å². The molecule has 0 radical (unpaired) electrons. The molecule has 0 bridgehead atoms. The molecule has 0 saturated carbocycles. The predicted octanol–water partition coefficient (Wildman–Crippen LogP) is 2.80. The van der Waals surface area contributed by atoms with E-state index in [0.29, 0.717) is 10.8 Å². The van der Waals surface area contributed by atoms with Gasteiger partial charge < -0.3 is 5.32 Å². The summed E-state index contributed by atoms with van der Waals surface area (Å²) in [5, 5.41) is 4.02. The first-order valence-corrected chi connectivity index (χ1v) is 6.45. The van der Waals surface area contributed by atoms with E-state index in [1.165, 1.54) is 0 Å². The molecule has 17 heavy (non-hydrogen) atoms. The average molecular weight is 252 g/mol. The zero-order valence-electron chi connectivity index (χ0n) is 10.3. The molecule has 3 heteroatoms. The molecule has 2 rings (SSSR count). The predicted molar refractivity (Wildman–Crippen MR) is 70.5 cm³/mol. The molecule has 0 aliphatic carbocycles. The van der Waals surface area contributed by atoms with Gasteiger partial charge in [0.1, 0.15) is 5.78 Å². The van der Waals surface area contributed by atoms with Crippen molar-refractivity contribution in [1.82, 2.24) is 5.32 Å². The van der Waals surface area contributed by atoms with Gasteiger partial charge in [-0.3, -0.25) is 4.79 Å². The molecule has 1 aromatic carbocycles. The van der Waals surface area contributed by atoms with Gasteiger partial charge in [0.2, 0.25) is 0 Å². The lowest BCUT2D eigenvalue weighted by molar-refractivity contribution is -0.127. The van der Waals surface area contributed by atoms with Crippen LogP contribution >= 0.6 is 11.6 Å². The van der Waals surface area contributed by atoms with Gasteiger partial charge in [-0.25, -0.2) is 0 Å². The van der Waals surface area contributed by atoms with E-state index in [-0.39, 0.29) is 11.3 Å². The molecule has 2 nitrogen and oxygen atoms in total. The molecule has 0 aromatic heterocycles. The van der Waals surface area contributed by atoms with Crippen molar-refractivity contribution in [2.24, 2.45) is 5.92 Å². The molecule has 1 heterocycles. The average Bonchev–Trinajstić information content (AvgIpc) is 2.79. The molecule has 1 fully saturated rings. The molecule has 1 saturated heterocycles. The molecule has 0 amide bonds. The van der Waals surface area contributed by atoms with Crippen molar-refractivity contribution in [2.45, 2.75) is 25.7 Å². The van der Waals surface area contributed by atoms with Gasteiger partial charge >= 0.3 is 0 Å². The number of Topliss-reactive ketones (excluding diaryl/α,β-unsaturated/α-hetero) is 1. The second-order valence-corrected chi connectivity index (χ2v) is 5.47. The summed E-state index contributed by atoms with van der Waals surface area (Å²) in [5.74, 6) is 0.385. The topological polar surface area (TPSA) is 29.1 Å². The molecule has 1 atom stereocenters. The molecule has 1 N–H and O–H groups in total. The van der Waals surface area contributed by atoms with E-state index in [1.54, 1.807) is 0 Å². The quantitative estimate of drug-likeness (QED) is 0.895. The highest BCUT2D eigenvalue weighted by atomic mass is 35.5. The van der Waals surface area contributed by atoms with Crippen LogP contribution in [0.2, 0.25) is 5.02 Å². The Balaban J connectivity index is 2.41. The zero-order valence-corrected chi connectivity index (χ0v) is 11.1. The molecule has 1 aromatic rings. The number of carbonyl (C=O) groups excluding carboxylic acids is 1. The van der Waals surface area contributed by atoms with Crippen LogP contribution in [0.1, 0.15) is 25.8 Å². The largest absolute Gasteiger partial charge is 0.315 e. The highest BCUT2D eigenvalue weighted by molar-refractivity contribution is 6.30. The van der Waals surface area contributed by atoms with Crippen LogP contribution in [0.4, 0.5) is 0 Å². The van der Waals surface area contributed by atoms with Crippen LogP contribution in [0, 0.1) is 5.92 Å². The van der Waals surface area contributed by atoms with Crippen LogP contribution in [0.5, 0.6) is 0 Å². The maximum Gasteiger partial charge on any atom is 0.147 e. The van der Waals surface area contributed by atoms with Crippen molar-refractivity contribution >= 4 is 17.4 Å². The maximum atomic E-state index is 12.5. The summed E-state index contributed by atoms with van der Waals surface area (Å²) in [6.07, 6.45) is 0.881. The summed E-state index contributed by atoms with van der Waals surface area (Å²) in [6.45, 7) is 5.59. The van der Waals surface area contributed by atoms with Gasteiger partial charge in [0.25, 0.3) is 0 Å². The van der Waals surface area contributed by atoms with Gasteiger partial charge in [-0.15, -0.1) is 0 Å². The third kappa shape index (κ3) is 2.24. The fourth-order valence-electron chi connectivity index (χ4n) is 2.61.